The summed E-state index contributed by atoms with van der Waals surface area (Å²) in [4.78, 5) is 4.65. The summed E-state index contributed by atoms with van der Waals surface area (Å²) in [7, 11) is -9.04. The van der Waals surface area contributed by atoms with Crippen LogP contribution in [-0.4, -0.2) is 77.9 Å². The lowest BCUT2D eigenvalue weighted by atomic mass is 10.1. The van der Waals surface area contributed by atoms with Gasteiger partial charge in [-0.2, -0.15) is 0 Å². The number of aromatic nitrogens is 6. The average molecular weight is 485 g/mol. The molecule has 172 valence electrons. The van der Waals surface area contributed by atoms with E-state index in [9.17, 15) is 21.9 Å². The first-order chi connectivity index (χ1) is 15.1. The summed E-state index contributed by atoms with van der Waals surface area (Å²) >= 11 is 0. The van der Waals surface area contributed by atoms with Crippen LogP contribution in [0.25, 0.3) is 11.4 Å². The SMILES string of the molecule is NC[C@@H](O)CNS(=O)(=O)c1ccc(N2CCn3ccnc32)c(-c2nnn[nH]2)c1S(N)(=O)=O. The van der Waals surface area contributed by atoms with Gasteiger partial charge in [0.1, 0.15) is 9.79 Å². The first-order valence-corrected chi connectivity index (χ1v) is 12.3. The molecule has 7 N–H and O–H groups in total. The Labute approximate surface area is 182 Å². The van der Waals surface area contributed by atoms with Crippen molar-refractivity contribution in [1.82, 2.24) is 34.9 Å². The van der Waals surface area contributed by atoms with Crippen LogP contribution < -0.4 is 20.5 Å². The first-order valence-electron chi connectivity index (χ1n) is 9.24. The maximum absolute atomic E-state index is 13.0. The van der Waals surface area contributed by atoms with E-state index in [0.29, 0.717) is 24.7 Å². The molecule has 3 aromatic rings. The van der Waals surface area contributed by atoms with Crippen LogP contribution in [0, 0.1) is 0 Å². The van der Waals surface area contributed by atoms with Gasteiger partial charge in [0.25, 0.3) is 0 Å². The maximum atomic E-state index is 13.0. The van der Waals surface area contributed by atoms with Crippen molar-refractivity contribution in [3.63, 3.8) is 0 Å². The summed E-state index contributed by atoms with van der Waals surface area (Å²) < 4.78 is 55.2. The van der Waals surface area contributed by atoms with E-state index in [4.69, 9.17) is 10.9 Å². The van der Waals surface area contributed by atoms with Crippen molar-refractivity contribution in [3.05, 3.63) is 24.5 Å². The number of imidazole rings is 1. The number of tetrazole rings is 1. The molecule has 0 fully saturated rings. The van der Waals surface area contributed by atoms with Gasteiger partial charge in [-0.15, -0.1) is 5.10 Å². The summed E-state index contributed by atoms with van der Waals surface area (Å²) in [5, 5.41) is 28.3. The molecule has 1 atom stereocenters. The number of rotatable bonds is 8. The van der Waals surface area contributed by atoms with Gasteiger partial charge < -0.3 is 20.3 Å². The van der Waals surface area contributed by atoms with E-state index in [-0.39, 0.29) is 17.9 Å². The van der Waals surface area contributed by atoms with Crippen LogP contribution in [-0.2, 0) is 26.6 Å². The lowest BCUT2D eigenvalue weighted by Gasteiger charge is -2.22. The summed E-state index contributed by atoms with van der Waals surface area (Å²) in [5.41, 5.74) is 5.47. The average Bonchev–Trinajstić information content (AvgIpc) is 3.48. The van der Waals surface area contributed by atoms with Crippen LogP contribution in [0.2, 0.25) is 0 Å². The zero-order valence-electron chi connectivity index (χ0n) is 16.4. The summed E-state index contributed by atoms with van der Waals surface area (Å²) in [5.74, 6) is 0.423. The number of aromatic amines is 1. The third-order valence-electron chi connectivity index (χ3n) is 4.83. The van der Waals surface area contributed by atoms with E-state index in [2.05, 4.69) is 30.3 Å². The molecule has 2 aromatic heterocycles. The van der Waals surface area contributed by atoms with Crippen molar-refractivity contribution in [2.24, 2.45) is 10.9 Å². The van der Waals surface area contributed by atoms with Gasteiger partial charge in [-0.1, -0.05) is 0 Å². The minimum atomic E-state index is -4.61. The minimum absolute atomic E-state index is 0.104. The van der Waals surface area contributed by atoms with E-state index in [1.165, 1.54) is 6.07 Å². The van der Waals surface area contributed by atoms with Gasteiger partial charge in [0, 0.05) is 38.6 Å². The molecular weight excluding hydrogens is 464 g/mol. The molecule has 15 nitrogen and oxygen atoms in total. The van der Waals surface area contributed by atoms with Gasteiger partial charge in [-0.25, -0.2) is 36.8 Å². The number of hydrogen-bond donors (Lipinski definition) is 5. The van der Waals surface area contributed by atoms with Gasteiger partial charge in [0.15, 0.2) is 5.82 Å². The fourth-order valence-corrected chi connectivity index (χ4v) is 6.06. The molecular formula is C15H20N10O5S2. The molecule has 3 heterocycles. The van der Waals surface area contributed by atoms with Crippen molar-refractivity contribution < 1.29 is 21.9 Å². The van der Waals surface area contributed by atoms with Crippen molar-refractivity contribution in [2.45, 2.75) is 22.4 Å². The van der Waals surface area contributed by atoms with Crippen LogP contribution in [0.1, 0.15) is 0 Å². The topological polar surface area (TPSA) is 228 Å². The number of aliphatic hydroxyl groups excluding tert-OH is 1. The fourth-order valence-electron chi connectivity index (χ4n) is 3.39. The van der Waals surface area contributed by atoms with E-state index in [1.807, 2.05) is 4.57 Å². The predicted molar refractivity (Wildman–Crippen MR) is 110 cm³/mol. The largest absolute Gasteiger partial charge is 0.390 e. The normalized spacial score (nSPS) is 15.2. The lowest BCUT2D eigenvalue weighted by molar-refractivity contribution is 0.186. The lowest BCUT2D eigenvalue weighted by Crippen LogP contribution is -2.37. The molecule has 0 saturated heterocycles. The van der Waals surface area contributed by atoms with Gasteiger partial charge in [0.05, 0.1) is 17.4 Å². The highest BCUT2D eigenvalue weighted by Crippen LogP contribution is 2.41. The van der Waals surface area contributed by atoms with E-state index in [0.717, 1.165) is 6.07 Å². The van der Waals surface area contributed by atoms with Crippen LogP contribution in [0.3, 0.4) is 0 Å². The van der Waals surface area contributed by atoms with Crippen LogP contribution in [0.4, 0.5) is 11.6 Å². The Morgan fingerprint density at radius 2 is 2.03 bits per heavy atom. The Hall–Kier alpha value is -2.96. The molecule has 32 heavy (non-hydrogen) atoms. The quantitative estimate of drug-likeness (QED) is 0.224. The number of nitrogens with two attached hydrogens (primary N) is 2. The second-order valence-electron chi connectivity index (χ2n) is 6.90. The molecule has 0 spiro atoms. The van der Waals surface area contributed by atoms with Crippen LogP contribution >= 0.6 is 0 Å². The van der Waals surface area contributed by atoms with E-state index < -0.39 is 42.5 Å². The number of H-pyrrole nitrogens is 1. The minimum Gasteiger partial charge on any atom is -0.390 e. The highest BCUT2D eigenvalue weighted by molar-refractivity contribution is 7.92. The Morgan fingerprint density at radius 1 is 1.25 bits per heavy atom. The molecule has 0 aliphatic carbocycles. The second kappa shape index (κ2) is 8.19. The smallest absolute Gasteiger partial charge is 0.242 e. The number of sulfonamides is 2. The summed E-state index contributed by atoms with van der Waals surface area (Å²) in [6.45, 7) is 0.398. The zero-order valence-corrected chi connectivity index (χ0v) is 18.1. The van der Waals surface area contributed by atoms with Gasteiger partial charge in [0.2, 0.25) is 26.0 Å². The number of aliphatic hydroxyl groups is 1. The van der Waals surface area contributed by atoms with Crippen molar-refractivity contribution in [3.8, 4) is 11.4 Å². The Bertz CT molecular complexity index is 1340. The number of nitrogens with zero attached hydrogens (tertiary/aromatic N) is 6. The predicted octanol–water partition coefficient (Wildman–Crippen LogP) is -2.54. The number of anilines is 2. The number of primary sulfonamides is 1. The second-order valence-corrected chi connectivity index (χ2v) is 10.1. The molecule has 1 aromatic carbocycles. The molecule has 0 radical (unpaired) electrons. The van der Waals surface area contributed by atoms with E-state index >= 15 is 0 Å². The summed E-state index contributed by atoms with van der Waals surface area (Å²) in [6, 6.07) is 2.54. The highest BCUT2D eigenvalue weighted by Gasteiger charge is 2.34. The molecule has 0 saturated carbocycles. The molecule has 0 unspecified atom stereocenters. The third-order valence-corrected chi connectivity index (χ3v) is 7.42. The molecule has 0 amide bonds. The van der Waals surface area contributed by atoms with E-state index in [1.54, 1.807) is 17.3 Å². The molecule has 4 rings (SSSR count). The molecule has 17 heteroatoms. The first kappa shape index (κ1) is 22.2. The summed E-state index contributed by atoms with van der Waals surface area (Å²) in [6.07, 6.45) is 2.18. The van der Waals surface area contributed by atoms with Crippen molar-refractivity contribution in [1.29, 1.82) is 0 Å². The fraction of sp³-hybridized carbons (Fsp3) is 0.333. The van der Waals surface area contributed by atoms with Gasteiger partial charge in [-0.05, 0) is 22.6 Å². The van der Waals surface area contributed by atoms with Gasteiger partial charge in [-0.3, -0.25) is 0 Å². The Kier molecular flexibility index (Phi) is 5.69. The van der Waals surface area contributed by atoms with Crippen molar-refractivity contribution in [2.75, 3.05) is 24.5 Å². The number of benzene rings is 1. The molecule has 1 aliphatic heterocycles. The third kappa shape index (κ3) is 3.96. The van der Waals surface area contributed by atoms with Gasteiger partial charge >= 0.3 is 0 Å². The van der Waals surface area contributed by atoms with Crippen molar-refractivity contribution >= 4 is 31.7 Å². The molecule has 1 aliphatic rings. The highest BCUT2D eigenvalue weighted by atomic mass is 32.2. The number of nitrogens with one attached hydrogen (secondary N) is 2. The maximum Gasteiger partial charge on any atom is 0.242 e. The standard InChI is InChI=1S/C15H20N10O5S2/c16-7-9(26)8-19-32(29,30)11-2-1-10(25-6-5-24-4-3-18-15(24)25)12(13(11)31(17,27)28)14-20-22-23-21-14/h1-4,9,19,26H,5-8,16H2,(H2,17,27,28)(H,20,21,22,23)/t9-/m1/s1. The monoisotopic (exact) mass is 484 g/mol. The Morgan fingerprint density at radius 3 is 2.69 bits per heavy atom. The number of hydrogen-bond acceptors (Lipinski definition) is 11. The number of fused-ring (bicyclic) bond motifs is 1. The molecule has 0 bridgehead atoms. The Balaban J connectivity index is 1.96. The zero-order chi connectivity index (χ0) is 23.1. The van der Waals surface area contributed by atoms with Crippen LogP contribution in [0.5, 0.6) is 0 Å². The van der Waals surface area contributed by atoms with Crippen LogP contribution in [0.15, 0.2) is 34.3 Å².